The first-order chi connectivity index (χ1) is 50.0. The average molecular weight is 1500 g/mol. The van der Waals surface area contributed by atoms with E-state index >= 15 is 0 Å². The predicted octanol–water partition coefficient (Wildman–Crippen LogP) is 30.1. The second-order valence-electron chi connectivity index (χ2n) is 28.3. The molecule has 0 fully saturated rings. The summed E-state index contributed by atoms with van der Waals surface area (Å²) in [6.45, 7) is 13.7. The van der Waals surface area contributed by atoms with Crippen LogP contribution in [0.2, 0.25) is 0 Å². The number of carbonyl (C=O) groups excluding carboxylic acids is 4. The minimum Gasteiger partial charge on any atom is -0.288 e. The summed E-state index contributed by atoms with van der Waals surface area (Å²) in [7, 11) is 0. The highest BCUT2D eigenvalue weighted by Crippen LogP contribution is 2.57. The highest BCUT2D eigenvalue weighted by atomic mass is 32.1. The molecule has 0 N–H and O–H groups in total. The molecule has 8 heterocycles. The fourth-order valence-electron chi connectivity index (χ4n) is 14.9. The third-order valence-electron chi connectivity index (χ3n) is 20.6. The molecule has 2 aliphatic rings. The second kappa shape index (κ2) is 35.4. The first-order valence-electron chi connectivity index (χ1n) is 38.5. The topological polar surface area (TPSA) is 68.3 Å². The lowest BCUT2D eigenvalue weighted by Gasteiger charge is -2.09. The van der Waals surface area contributed by atoms with Crippen molar-refractivity contribution < 1.29 is 19.2 Å². The van der Waals surface area contributed by atoms with Crippen LogP contribution in [-0.4, -0.2) is 23.1 Å². The van der Waals surface area contributed by atoms with E-state index in [1.165, 1.54) is 215 Å². The summed E-state index contributed by atoms with van der Waals surface area (Å²) in [5, 5.41) is 2.70. The van der Waals surface area contributed by atoms with Gasteiger partial charge in [-0.2, -0.15) is 0 Å². The van der Waals surface area contributed by atoms with E-state index in [0.717, 1.165) is 99.6 Å². The molecule has 0 atom stereocenters. The molecule has 102 heavy (non-hydrogen) atoms. The Labute approximate surface area is 638 Å². The number of ketones is 4. The smallest absolute Gasteiger partial charge is 0.197 e. The van der Waals surface area contributed by atoms with Crippen molar-refractivity contribution in [2.75, 3.05) is 0 Å². The van der Waals surface area contributed by atoms with Crippen LogP contribution in [0.1, 0.15) is 279 Å². The van der Waals surface area contributed by atoms with Crippen LogP contribution >= 0.6 is 90.7 Å². The quantitative estimate of drug-likeness (QED) is 0.0220. The van der Waals surface area contributed by atoms with Crippen molar-refractivity contribution in [2.45, 2.75) is 234 Å². The Balaban J connectivity index is 0.983. The van der Waals surface area contributed by atoms with E-state index < -0.39 is 0 Å². The minimum atomic E-state index is -0.165. The van der Waals surface area contributed by atoms with Crippen LogP contribution in [0, 0.1) is 0 Å². The van der Waals surface area contributed by atoms with E-state index in [9.17, 15) is 19.2 Å². The standard InChI is InChI=1S/C90H98O4S8/c1-7-13-19-25-35-57-49-75(97-73(57)55-69-83(91)63-41-31-32-42-64(63)84(69)92)77-51-59(37-27-21-15-9-3)87(99-77)79-53-67-81(71-47-45-61(95-71)39-29-23-17-11-5)90-68(82(89(67)101-79)72-48-46-62(96-72)40-30-24-18-12-6)54-80(102-90)88-60(38-28-22-16-10-4)52-78(100-88)76-50-58(36-26-20-14-8-2)74(98-76)56-70-85(93)65-43-33-34-44-66(65)86(70)94/h31-34,41-56H,7-30,35-40H2,1-6H3. The molecule has 0 spiro atoms. The van der Waals surface area contributed by atoms with Crippen LogP contribution < -0.4 is 0 Å². The number of rotatable bonds is 38. The predicted molar refractivity (Wildman–Crippen MR) is 450 cm³/mol. The molecule has 4 nitrogen and oxygen atoms in total. The molecule has 0 unspecified atom stereocenters. The van der Waals surface area contributed by atoms with Crippen LogP contribution in [0.3, 0.4) is 0 Å². The summed E-state index contributed by atoms with van der Waals surface area (Å²) < 4.78 is 2.74. The number of aryl methyl sites for hydroxylation is 6. The Morgan fingerprint density at radius 1 is 0.275 bits per heavy atom. The number of Topliss-reactive ketones (excluding diaryl/α,β-unsaturated/α-hetero) is 4. The van der Waals surface area contributed by atoms with Gasteiger partial charge in [0.2, 0.25) is 0 Å². The van der Waals surface area contributed by atoms with Crippen molar-refractivity contribution in [3.05, 3.63) is 184 Å². The number of allylic oxidation sites excluding steroid dienone is 2. The Hall–Kier alpha value is -6.06. The Morgan fingerprint density at radius 2 is 0.578 bits per heavy atom. The molecule has 2 aliphatic carbocycles. The van der Waals surface area contributed by atoms with E-state index in [1.54, 1.807) is 46.9 Å². The highest BCUT2D eigenvalue weighted by molar-refractivity contribution is 7.31. The van der Waals surface area contributed by atoms with Crippen molar-refractivity contribution in [3.63, 3.8) is 0 Å². The van der Waals surface area contributed by atoms with Gasteiger partial charge in [-0.25, -0.2) is 0 Å². The molecule has 0 aliphatic heterocycles. The van der Waals surface area contributed by atoms with Crippen molar-refractivity contribution >= 4 is 146 Å². The third kappa shape index (κ3) is 16.5. The van der Waals surface area contributed by atoms with E-state index in [2.05, 4.69) is 102 Å². The van der Waals surface area contributed by atoms with Crippen LogP contribution in [0.15, 0.2) is 120 Å². The number of hydrogen-bond donors (Lipinski definition) is 0. The van der Waals surface area contributed by atoms with Gasteiger partial charge in [0.1, 0.15) is 0 Å². The van der Waals surface area contributed by atoms with Gasteiger partial charge in [0, 0.05) is 122 Å². The molecule has 0 amide bonds. The SMILES string of the molecule is CCCCCCc1ccc(-c2c3cc(-c4sc(-c5cc(CCCCCC)c(C=C6C(=O)c7ccccc7C6=O)s5)cc4CCCCCC)sc3c(-c3ccc(CCCCCC)s3)c3cc(-c4sc(-c5cc(CCCCCC)c(C=C6C(=O)c7ccccc7C6=O)s5)cc4CCCCCC)sc23)s1. The lowest BCUT2D eigenvalue weighted by Crippen LogP contribution is -2.00. The van der Waals surface area contributed by atoms with Gasteiger partial charge in [0.15, 0.2) is 23.1 Å². The largest absolute Gasteiger partial charge is 0.288 e. The molecule has 13 rings (SSSR count). The summed E-state index contributed by atoms with van der Waals surface area (Å²) in [4.78, 5) is 73.9. The van der Waals surface area contributed by atoms with E-state index in [0.29, 0.717) is 22.3 Å². The van der Waals surface area contributed by atoms with Crippen molar-refractivity contribution in [1.29, 1.82) is 0 Å². The van der Waals surface area contributed by atoms with Gasteiger partial charge in [0.05, 0.1) is 11.1 Å². The maximum atomic E-state index is 14.0. The third-order valence-corrected chi connectivity index (χ3v) is 30.6. The second-order valence-corrected chi connectivity index (χ2v) is 37.0. The highest BCUT2D eigenvalue weighted by Gasteiger charge is 2.35. The van der Waals surface area contributed by atoms with Gasteiger partial charge in [-0.05, 0) is 172 Å². The first kappa shape index (κ1) is 74.2. The Kier molecular flexibility index (Phi) is 25.7. The molecule has 0 saturated heterocycles. The first-order valence-corrected chi connectivity index (χ1v) is 45.1. The van der Waals surface area contributed by atoms with Gasteiger partial charge < -0.3 is 0 Å². The van der Waals surface area contributed by atoms with Gasteiger partial charge in [-0.15, -0.1) is 90.7 Å². The molecule has 12 heteroatoms. The Bertz CT molecular complexity index is 4420. The zero-order valence-corrected chi connectivity index (χ0v) is 67.2. The van der Waals surface area contributed by atoms with Gasteiger partial charge >= 0.3 is 0 Å². The summed E-state index contributed by atoms with van der Waals surface area (Å²) in [6, 6.07) is 39.4. The van der Waals surface area contributed by atoms with E-state index in [-0.39, 0.29) is 34.3 Å². The molecule has 8 aromatic heterocycles. The summed E-state index contributed by atoms with van der Waals surface area (Å²) in [5.41, 5.74) is 10.6. The van der Waals surface area contributed by atoms with Crippen LogP contribution in [0.25, 0.3) is 92.2 Å². The fraction of sp³-hybridized carbons (Fsp3) is 0.400. The monoisotopic (exact) mass is 1500 g/mol. The van der Waals surface area contributed by atoms with Crippen molar-refractivity contribution in [2.24, 2.45) is 0 Å². The van der Waals surface area contributed by atoms with E-state index in [1.807, 2.05) is 104 Å². The molecule has 0 saturated carbocycles. The summed E-state index contributed by atoms with van der Waals surface area (Å²) in [5.74, 6) is -0.661. The maximum Gasteiger partial charge on any atom is 0.197 e. The summed E-state index contributed by atoms with van der Waals surface area (Å²) >= 11 is 15.4. The van der Waals surface area contributed by atoms with Gasteiger partial charge in [-0.1, -0.05) is 206 Å². The van der Waals surface area contributed by atoms with Crippen LogP contribution in [0.4, 0.5) is 0 Å². The molecule has 11 aromatic rings. The number of unbranched alkanes of at least 4 members (excludes halogenated alkanes) is 18. The summed E-state index contributed by atoms with van der Waals surface area (Å²) in [6.07, 6.45) is 38.4. The zero-order chi connectivity index (χ0) is 70.6. The lowest BCUT2D eigenvalue weighted by molar-refractivity contribution is 0.0975. The van der Waals surface area contributed by atoms with Crippen molar-refractivity contribution in [3.8, 4) is 59.9 Å². The van der Waals surface area contributed by atoms with Gasteiger partial charge in [-0.3, -0.25) is 19.2 Å². The van der Waals surface area contributed by atoms with Crippen LogP contribution in [-0.2, 0) is 38.5 Å². The van der Waals surface area contributed by atoms with Gasteiger partial charge in [0.25, 0.3) is 0 Å². The molecular weight excluding hydrogens is 1400 g/mol. The fourth-order valence-corrected chi connectivity index (χ4v) is 24.9. The normalized spacial score (nSPS) is 13.0. The molecule has 0 radical (unpaired) electrons. The minimum absolute atomic E-state index is 0.165. The van der Waals surface area contributed by atoms with Crippen molar-refractivity contribution in [1.82, 2.24) is 0 Å². The van der Waals surface area contributed by atoms with Crippen LogP contribution in [0.5, 0.6) is 0 Å². The van der Waals surface area contributed by atoms with E-state index in [4.69, 9.17) is 0 Å². The number of carbonyl (C=O) groups is 4. The lowest BCUT2D eigenvalue weighted by atomic mass is 9.99. The number of benzene rings is 3. The molecule has 0 bridgehead atoms. The zero-order valence-electron chi connectivity index (χ0n) is 60.7. The number of thiophene rings is 8. The molecular formula is C90H98O4S8. The average Bonchev–Trinajstić information content (AvgIpc) is 1.55. The molecule has 3 aromatic carbocycles. The number of fused-ring (bicyclic) bond motifs is 4. The Morgan fingerprint density at radius 3 is 0.912 bits per heavy atom. The maximum absolute atomic E-state index is 14.0. The molecule has 530 valence electrons. The number of hydrogen-bond acceptors (Lipinski definition) is 12.